The Morgan fingerprint density at radius 2 is 2.05 bits per heavy atom. The highest BCUT2D eigenvalue weighted by atomic mass is 32.2. The average molecular weight is 293 g/mol. The number of anilines is 1. The first-order valence-corrected chi connectivity index (χ1v) is 7.42. The van der Waals surface area contributed by atoms with Gasteiger partial charge in [0.2, 0.25) is 10.0 Å². The number of hydrogen-bond acceptors (Lipinski definition) is 5. The predicted molar refractivity (Wildman–Crippen MR) is 75.8 cm³/mol. The molecule has 4 N–H and O–H groups in total. The van der Waals surface area contributed by atoms with Crippen LogP contribution in [0.5, 0.6) is 5.75 Å². The molecule has 7 heteroatoms. The summed E-state index contributed by atoms with van der Waals surface area (Å²) >= 11 is 0. The zero-order valence-electron chi connectivity index (χ0n) is 10.9. The van der Waals surface area contributed by atoms with Crippen molar-refractivity contribution in [3.05, 3.63) is 47.8 Å². The maximum atomic E-state index is 11.3. The van der Waals surface area contributed by atoms with Crippen molar-refractivity contribution in [2.24, 2.45) is 5.14 Å². The Hall–Kier alpha value is -2.12. The van der Waals surface area contributed by atoms with Crippen LogP contribution in [-0.2, 0) is 16.6 Å². The topological polar surface area (TPSA) is 105 Å². The molecule has 0 aliphatic rings. The van der Waals surface area contributed by atoms with E-state index < -0.39 is 10.0 Å². The number of sulfonamides is 1. The SMILES string of the molecule is Cc1ccc(S(N)(=O)=O)cc1NCc1ccc(O)cn1. The molecule has 6 nitrogen and oxygen atoms in total. The number of hydrogen-bond donors (Lipinski definition) is 3. The number of aromatic nitrogens is 1. The van der Waals surface area contributed by atoms with Crippen LogP contribution in [0.4, 0.5) is 5.69 Å². The molecule has 0 aliphatic heterocycles. The van der Waals surface area contributed by atoms with E-state index in [0.717, 1.165) is 11.3 Å². The van der Waals surface area contributed by atoms with Crippen molar-refractivity contribution in [3.63, 3.8) is 0 Å². The molecule has 106 valence electrons. The van der Waals surface area contributed by atoms with E-state index in [1.807, 2.05) is 6.92 Å². The number of nitrogens with zero attached hydrogens (tertiary/aromatic N) is 1. The average Bonchev–Trinajstić information content (AvgIpc) is 2.38. The van der Waals surface area contributed by atoms with Crippen molar-refractivity contribution in [1.82, 2.24) is 4.98 Å². The standard InChI is InChI=1S/C13H15N3O3S/c1-9-2-5-12(20(14,18)19)6-13(9)16-7-10-3-4-11(17)8-15-10/h2-6,8,16-17H,7H2,1H3,(H2,14,18,19). The van der Waals surface area contributed by atoms with E-state index in [9.17, 15) is 8.42 Å². The lowest BCUT2D eigenvalue weighted by atomic mass is 10.2. The lowest BCUT2D eigenvalue weighted by molar-refractivity contribution is 0.472. The van der Waals surface area contributed by atoms with E-state index in [1.54, 1.807) is 12.1 Å². The van der Waals surface area contributed by atoms with Crippen LogP contribution < -0.4 is 10.5 Å². The Morgan fingerprint density at radius 1 is 1.30 bits per heavy atom. The van der Waals surface area contributed by atoms with Gasteiger partial charge in [0.1, 0.15) is 5.75 Å². The van der Waals surface area contributed by atoms with Gasteiger partial charge in [-0.3, -0.25) is 4.98 Å². The molecule has 2 aromatic rings. The summed E-state index contributed by atoms with van der Waals surface area (Å²) in [7, 11) is -3.72. The highest BCUT2D eigenvalue weighted by Crippen LogP contribution is 2.20. The number of pyridine rings is 1. The second-order valence-electron chi connectivity index (χ2n) is 4.38. The van der Waals surface area contributed by atoms with Gasteiger partial charge in [0, 0.05) is 5.69 Å². The number of benzene rings is 1. The van der Waals surface area contributed by atoms with E-state index in [-0.39, 0.29) is 10.6 Å². The van der Waals surface area contributed by atoms with Gasteiger partial charge < -0.3 is 10.4 Å². The van der Waals surface area contributed by atoms with Crippen molar-refractivity contribution in [2.75, 3.05) is 5.32 Å². The van der Waals surface area contributed by atoms with Crippen molar-refractivity contribution in [1.29, 1.82) is 0 Å². The number of aromatic hydroxyl groups is 1. The van der Waals surface area contributed by atoms with Gasteiger partial charge in [-0.05, 0) is 36.8 Å². The second kappa shape index (κ2) is 5.48. The Labute approximate surface area is 117 Å². The Bertz CT molecular complexity index is 712. The van der Waals surface area contributed by atoms with Gasteiger partial charge in [-0.2, -0.15) is 0 Å². The third-order valence-electron chi connectivity index (χ3n) is 2.81. The molecule has 20 heavy (non-hydrogen) atoms. The second-order valence-corrected chi connectivity index (χ2v) is 5.94. The molecular weight excluding hydrogens is 278 g/mol. The minimum atomic E-state index is -3.72. The fourth-order valence-electron chi connectivity index (χ4n) is 1.68. The van der Waals surface area contributed by atoms with Gasteiger partial charge in [0.05, 0.1) is 23.3 Å². The summed E-state index contributed by atoms with van der Waals surface area (Å²) in [5, 5.41) is 17.3. The molecule has 0 fully saturated rings. The third-order valence-corrected chi connectivity index (χ3v) is 3.72. The normalized spacial score (nSPS) is 11.3. The van der Waals surface area contributed by atoms with Crippen molar-refractivity contribution in [3.8, 4) is 5.75 Å². The minimum Gasteiger partial charge on any atom is -0.506 e. The van der Waals surface area contributed by atoms with E-state index in [4.69, 9.17) is 10.2 Å². The van der Waals surface area contributed by atoms with Crippen LogP contribution in [0.2, 0.25) is 0 Å². The molecule has 0 atom stereocenters. The molecule has 0 unspecified atom stereocenters. The van der Waals surface area contributed by atoms with Crippen molar-refractivity contribution >= 4 is 15.7 Å². The molecule has 0 amide bonds. The lowest BCUT2D eigenvalue weighted by Crippen LogP contribution is -2.13. The van der Waals surface area contributed by atoms with Crippen LogP contribution in [0.15, 0.2) is 41.4 Å². The van der Waals surface area contributed by atoms with Gasteiger partial charge in [0.15, 0.2) is 0 Å². The smallest absolute Gasteiger partial charge is 0.238 e. The van der Waals surface area contributed by atoms with Crippen LogP contribution in [0, 0.1) is 6.92 Å². The molecule has 1 heterocycles. The maximum Gasteiger partial charge on any atom is 0.238 e. The predicted octanol–water partition coefficient (Wildman–Crippen LogP) is 1.36. The van der Waals surface area contributed by atoms with Crippen LogP contribution in [0.3, 0.4) is 0 Å². The lowest BCUT2D eigenvalue weighted by Gasteiger charge is -2.10. The molecule has 1 aromatic heterocycles. The molecule has 0 spiro atoms. The molecule has 0 bridgehead atoms. The number of rotatable bonds is 4. The monoisotopic (exact) mass is 293 g/mol. The summed E-state index contributed by atoms with van der Waals surface area (Å²) < 4.78 is 22.6. The molecule has 2 rings (SSSR count). The van der Waals surface area contributed by atoms with E-state index in [1.165, 1.54) is 24.4 Å². The molecular formula is C13H15N3O3S. The van der Waals surface area contributed by atoms with E-state index in [2.05, 4.69) is 10.3 Å². The minimum absolute atomic E-state index is 0.0595. The first kappa shape index (κ1) is 14.3. The number of nitrogens with two attached hydrogens (primary N) is 1. The van der Waals surface area contributed by atoms with Gasteiger partial charge in [-0.1, -0.05) is 6.07 Å². The van der Waals surface area contributed by atoms with Gasteiger partial charge >= 0.3 is 0 Å². The number of nitrogens with one attached hydrogen (secondary N) is 1. The molecule has 0 aliphatic carbocycles. The fourth-order valence-corrected chi connectivity index (χ4v) is 2.22. The van der Waals surface area contributed by atoms with Crippen LogP contribution in [0.1, 0.15) is 11.3 Å². The summed E-state index contributed by atoms with van der Waals surface area (Å²) in [5.74, 6) is 0.0983. The van der Waals surface area contributed by atoms with Gasteiger partial charge in [0.25, 0.3) is 0 Å². The zero-order valence-corrected chi connectivity index (χ0v) is 11.7. The summed E-state index contributed by atoms with van der Waals surface area (Å²) in [6.07, 6.45) is 1.35. The van der Waals surface area contributed by atoms with E-state index >= 15 is 0 Å². The van der Waals surface area contributed by atoms with Gasteiger partial charge in [-0.15, -0.1) is 0 Å². The quantitative estimate of drug-likeness (QED) is 0.789. The Balaban J connectivity index is 2.19. The Kier molecular flexibility index (Phi) is 3.91. The highest BCUT2D eigenvalue weighted by molar-refractivity contribution is 7.89. The van der Waals surface area contributed by atoms with Crippen molar-refractivity contribution in [2.45, 2.75) is 18.4 Å². The summed E-state index contributed by atoms with van der Waals surface area (Å²) in [4.78, 5) is 4.10. The number of aryl methyl sites for hydroxylation is 1. The first-order chi connectivity index (χ1) is 9.36. The van der Waals surface area contributed by atoms with Gasteiger partial charge in [-0.25, -0.2) is 13.6 Å². The fraction of sp³-hybridized carbons (Fsp3) is 0.154. The molecule has 0 saturated carbocycles. The summed E-state index contributed by atoms with van der Waals surface area (Å²) in [6, 6.07) is 7.87. The Morgan fingerprint density at radius 3 is 2.65 bits per heavy atom. The van der Waals surface area contributed by atoms with Crippen LogP contribution >= 0.6 is 0 Å². The zero-order chi connectivity index (χ0) is 14.8. The van der Waals surface area contributed by atoms with Crippen molar-refractivity contribution < 1.29 is 13.5 Å². The van der Waals surface area contributed by atoms with Crippen LogP contribution in [0.25, 0.3) is 0 Å². The first-order valence-electron chi connectivity index (χ1n) is 5.87. The van der Waals surface area contributed by atoms with Crippen LogP contribution in [-0.4, -0.2) is 18.5 Å². The summed E-state index contributed by atoms with van der Waals surface area (Å²) in [5.41, 5.74) is 2.30. The molecule has 0 radical (unpaired) electrons. The summed E-state index contributed by atoms with van der Waals surface area (Å²) in [6.45, 7) is 2.27. The number of primary sulfonamides is 1. The third kappa shape index (κ3) is 3.46. The van der Waals surface area contributed by atoms with E-state index in [0.29, 0.717) is 12.2 Å². The largest absolute Gasteiger partial charge is 0.506 e. The molecule has 1 aromatic carbocycles. The maximum absolute atomic E-state index is 11.3. The molecule has 0 saturated heterocycles. The highest BCUT2D eigenvalue weighted by Gasteiger charge is 2.09.